The fourth-order valence-corrected chi connectivity index (χ4v) is 0.447. The summed E-state index contributed by atoms with van der Waals surface area (Å²) in [6, 6.07) is 0. The van der Waals surface area contributed by atoms with Gasteiger partial charge in [0.2, 0.25) is 0 Å². The molecular formula is C3H13B3F3LiO9S. The van der Waals surface area contributed by atoms with Gasteiger partial charge in [-0.2, -0.15) is 8.42 Å². The summed E-state index contributed by atoms with van der Waals surface area (Å²) in [5.41, 5.74) is 0. The molecule has 0 aliphatic heterocycles. The van der Waals surface area contributed by atoms with Crippen molar-refractivity contribution in [3.8, 4) is 0 Å². The SMILES string of the molecule is C=CCS(=O)(=O)O.OB(O)F.OB(O)F.OB(O)F.[LiH]. The van der Waals surface area contributed by atoms with Crippen LogP contribution in [0.2, 0.25) is 0 Å². The molecule has 0 aromatic rings. The van der Waals surface area contributed by atoms with Gasteiger partial charge < -0.3 is 30.1 Å². The van der Waals surface area contributed by atoms with E-state index in [-0.39, 0.29) is 24.6 Å². The van der Waals surface area contributed by atoms with Crippen molar-refractivity contribution in [2.75, 3.05) is 5.75 Å². The van der Waals surface area contributed by atoms with E-state index >= 15 is 0 Å². The maximum atomic E-state index is 10.1. The van der Waals surface area contributed by atoms with Crippen LogP contribution in [0, 0.1) is 0 Å². The molecule has 7 N–H and O–H groups in total. The first-order valence-corrected chi connectivity index (χ1v) is 5.43. The second-order valence-corrected chi connectivity index (χ2v) is 3.47. The molecule has 0 aliphatic rings. The van der Waals surface area contributed by atoms with Gasteiger partial charge in [0.05, 0.1) is 5.75 Å². The Labute approximate surface area is 126 Å². The van der Waals surface area contributed by atoms with Gasteiger partial charge in [-0.25, -0.2) is 0 Å². The number of hydrogen-bond donors (Lipinski definition) is 7. The minimum absolute atomic E-state index is 0. The molecule has 0 saturated heterocycles. The Morgan fingerprint density at radius 2 is 1.05 bits per heavy atom. The summed E-state index contributed by atoms with van der Waals surface area (Å²) < 4.78 is 57.7. The van der Waals surface area contributed by atoms with E-state index in [1.807, 2.05) is 0 Å². The topological polar surface area (TPSA) is 176 Å². The Morgan fingerprint density at radius 1 is 0.900 bits per heavy atom. The van der Waals surface area contributed by atoms with E-state index in [9.17, 15) is 21.4 Å². The summed E-state index contributed by atoms with van der Waals surface area (Å²) in [5, 5.41) is 41.7. The maximum absolute atomic E-state index is 10.1. The third kappa shape index (κ3) is 326. The van der Waals surface area contributed by atoms with Gasteiger partial charge in [-0.3, -0.25) is 17.5 Å². The first kappa shape index (κ1) is 32.1. The fraction of sp³-hybridized carbons (Fsp3) is 0.333. The average molecular weight is 322 g/mol. The second-order valence-electron chi connectivity index (χ2n) is 1.97. The van der Waals surface area contributed by atoms with Crippen molar-refractivity contribution in [2.45, 2.75) is 0 Å². The summed E-state index contributed by atoms with van der Waals surface area (Å²) in [5.74, 6) is -0.368. The Hall–Kier alpha value is -0.00779. The Morgan fingerprint density at radius 3 is 1.05 bits per heavy atom. The van der Waals surface area contributed by atoms with Crippen LogP contribution in [0.1, 0.15) is 0 Å². The molecule has 0 rings (SSSR count). The molecule has 0 fully saturated rings. The molecule has 0 unspecified atom stereocenters. The van der Waals surface area contributed by atoms with Crippen molar-refractivity contribution in [1.29, 1.82) is 0 Å². The van der Waals surface area contributed by atoms with Gasteiger partial charge in [-0.1, -0.05) is 6.08 Å². The second kappa shape index (κ2) is 21.3. The normalized spacial score (nSPS) is 7.90. The molecule has 0 aliphatic carbocycles. The van der Waals surface area contributed by atoms with Crippen LogP contribution >= 0.6 is 0 Å². The van der Waals surface area contributed by atoms with Crippen molar-refractivity contribution in [3.63, 3.8) is 0 Å². The van der Waals surface area contributed by atoms with Crippen LogP contribution in [0.25, 0.3) is 0 Å². The number of hydrogen-bond acceptors (Lipinski definition) is 8. The third-order valence-corrected chi connectivity index (χ3v) is 0.985. The van der Waals surface area contributed by atoms with Crippen LogP contribution in [0.15, 0.2) is 12.7 Å². The van der Waals surface area contributed by atoms with Gasteiger partial charge in [0.15, 0.2) is 0 Å². The van der Waals surface area contributed by atoms with E-state index in [0.29, 0.717) is 0 Å². The zero-order valence-electron chi connectivity index (χ0n) is 9.21. The third-order valence-electron chi connectivity index (χ3n) is 0.328. The van der Waals surface area contributed by atoms with E-state index in [2.05, 4.69) is 6.58 Å². The molecule has 9 nitrogen and oxygen atoms in total. The Bertz CT molecular complexity index is 256. The molecule has 0 radical (unpaired) electrons. The molecule has 116 valence electrons. The van der Waals surface area contributed by atoms with E-state index in [4.69, 9.17) is 34.7 Å². The molecule has 0 amide bonds. The van der Waals surface area contributed by atoms with Crippen LogP contribution in [-0.2, 0) is 10.1 Å². The summed E-state index contributed by atoms with van der Waals surface area (Å²) in [6.45, 7) is 3.11. The summed E-state index contributed by atoms with van der Waals surface area (Å²) in [7, 11) is -11.8. The van der Waals surface area contributed by atoms with Crippen LogP contribution in [-0.4, -0.2) is 89.9 Å². The molecule has 0 bridgehead atoms. The zero-order chi connectivity index (χ0) is 16.6. The number of rotatable bonds is 2. The summed E-state index contributed by atoms with van der Waals surface area (Å²) >= 11 is 0. The molecule has 0 spiro atoms. The van der Waals surface area contributed by atoms with Gasteiger partial charge in [0.1, 0.15) is 0 Å². The molecule has 0 aromatic heterocycles. The first-order chi connectivity index (χ1) is 8.26. The predicted molar refractivity (Wildman–Crippen MR) is 67.7 cm³/mol. The van der Waals surface area contributed by atoms with Crippen molar-refractivity contribution >= 4 is 51.2 Å². The zero-order valence-corrected chi connectivity index (χ0v) is 10.0. The number of halogens is 3. The monoisotopic (exact) mass is 322 g/mol. The van der Waals surface area contributed by atoms with Gasteiger partial charge in [0.25, 0.3) is 10.1 Å². The van der Waals surface area contributed by atoms with Crippen molar-refractivity contribution in [3.05, 3.63) is 12.7 Å². The van der Waals surface area contributed by atoms with Crippen LogP contribution < -0.4 is 0 Å². The van der Waals surface area contributed by atoms with Crippen LogP contribution in [0.5, 0.6) is 0 Å². The minimum atomic E-state index is -3.79. The van der Waals surface area contributed by atoms with E-state index in [1.165, 1.54) is 0 Å². The first-order valence-electron chi connectivity index (χ1n) is 3.82. The molecule has 0 atom stereocenters. The molecular weight excluding hydrogens is 308 g/mol. The van der Waals surface area contributed by atoms with Crippen LogP contribution in [0.3, 0.4) is 0 Å². The Balaban J connectivity index is -0.0000000512. The van der Waals surface area contributed by atoms with Crippen molar-refractivity contribution < 1.29 is 56.1 Å². The van der Waals surface area contributed by atoms with E-state index in [1.54, 1.807) is 0 Å². The van der Waals surface area contributed by atoms with Crippen LogP contribution in [0.4, 0.5) is 12.9 Å². The average Bonchev–Trinajstić information content (AvgIpc) is 1.96. The van der Waals surface area contributed by atoms with E-state index < -0.39 is 32.3 Å². The molecule has 0 heterocycles. The van der Waals surface area contributed by atoms with Crippen molar-refractivity contribution in [1.82, 2.24) is 0 Å². The van der Waals surface area contributed by atoms with E-state index in [0.717, 1.165) is 6.08 Å². The fourth-order valence-electron chi connectivity index (χ4n) is 0.149. The van der Waals surface area contributed by atoms with Gasteiger partial charge in [0, 0.05) is 0 Å². The molecule has 0 aromatic carbocycles. The summed E-state index contributed by atoms with van der Waals surface area (Å²) in [6.07, 6.45) is 1.12. The van der Waals surface area contributed by atoms with Gasteiger partial charge in [-0.05, 0) is 0 Å². The van der Waals surface area contributed by atoms with Gasteiger partial charge >= 0.3 is 41.0 Å². The quantitative estimate of drug-likeness (QED) is 0.153. The van der Waals surface area contributed by atoms with Gasteiger partial charge in [-0.15, -0.1) is 6.58 Å². The summed E-state index contributed by atoms with van der Waals surface area (Å²) in [4.78, 5) is 0. The van der Waals surface area contributed by atoms with Crippen molar-refractivity contribution in [2.24, 2.45) is 0 Å². The Kier molecular flexibility index (Phi) is 34.2. The predicted octanol–water partition coefficient (Wildman–Crippen LogP) is -3.81. The molecule has 17 heteroatoms. The standard InChI is InChI=1S/C3H6O3S.3BFH2O2.Li.H/c1-2-3-7(4,5)6;3*2-1(3)4;;/h2H,1,3H2,(H,4,5,6);3*3-4H;;. The molecule has 20 heavy (non-hydrogen) atoms. The molecule has 0 saturated carbocycles.